The van der Waals surface area contributed by atoms with Crippen LogP contribution in [0.4, 0.5) is 4.79 Å². The van der Waals surface area contributed by atoms with Crippen LogP contribution in [-0.2, 0) is 4.79 Å². The topological polar surface area (TPSA) is 58.2 Å². The van der Waals surface area contributed by atoms with Crippen molar-refractivity contribution in [3.05, 3.63) is 0 Å². The standard InChI is InChI=1S/C11H20N2O2/c1-11(2,3)13-10(15)12-8-4-6-9(14)7-5-8/h8H,4-7H2,1-3H3,(H2,12,13,15). The lowest BCUT2D eigenvalue weighted by atomic mass is 9.94. The Kier molecular flexibility index (Phi) is 3.72. The molecular formula is C11H20N2O2. The molecule has 86 valence electrons. The molecule has 0 spiro atoms. The lowest BCUT2D eigenvalue weighted by Gasteiger charge is -2.26. The van der Waals surface area contributed by atoms with E-state index in [0.717, 1.165) is 12.8 Å². The number of hydrogen-bond donors (Lipinski definition) is 2. The molecule has 0 radical (unpaired) electrons. The SMILES string of the molecule is CC(C)(C)NC(=O)NC1CCC(=O)CC1. The Bertz CT molecular complexity index is 246. The Morgan fingerprint density at radius 1 is 1.27 bits per heavy atom. The third kappa shape index (κ3) is 4.81. The van der Waals surface area contributed by atoms with E-state index < -0.39 is 0 Å². The van der Waals surface area contributed by atoms with Crippen molar-refractivity contribution in [3.63, 3.8) is 0 Å². The molecule has 1 fully saturated rings. The second-order valence-electron chi connectivity index (χ2n) is 5.16. The number of ketones is 1. The number of hydrogen-bond acceptors (Lipinski definition) is 2. The average Bonchev–Trinajstić information content (AvgIpc) is 2.05. The van der Waals surface area contributed by atoms with E-state index in [4.69, 9.17) is 0 Å². The van der Waals surface area contributed by atoms with Gasteiger partial charge >= 0.3 is 6.03 Å². The maximum absolute atomic E-state index is 11.5. The van der Waals surface area contributed by atoms with Crippen LogP contribution in [0.25, 0.3) is 0 Å². The first-order chi connectivity index (χ1) is 6.87. The van der Waals surface area contributed by atoms with Crippen LogP contribution in [-0.4, -0.2) is 23.4 Å². The van der Waals surface area contributed by atoms with Gasteiger partial charge in [-0.05, 0) is 33.6 Å². The van der Waals surface area contributed by atoms with E-state index in [1.165, 1.54) is 0 Å². The zero-order chi connectivity index (χ0) is 11.5. The fourth-order valence-electron chi connectivity index (χ4n) is 1.65. The highest BCUT2D eigenvalue weighted by Crippen LogP contribution is 2.14. The first-order valence-corrected chi connectivity index (χ1v) is 5.47. The molecule has 0 aromatic carbocycles. The van der Waals surface area contributed by atoms with E-state index in [1.807, 2.05) is 20.8 Å². The second kappa shape index (κ2) is 4.64. The Morgan fingerprint density at radius 3 is 2.27 bits per heavy atom. The summed E-state index contributed by atoms with van der Waals surface area (Å²) in [4.78, 5) is 22.5. The van der Waals surface area contributed by atoms with Crippen molar-refractivity contribution in [2.45, 2.75) is 58.0 Å². The minimum atomic E-state index is -0.214. The van der Waals surface area contributed by atoms with Gasteiger partial charge in [-0.15, -0.1) is 0 Å². The van der Waals surface area contributed by atoms with Crippen molar-refractivity contribution in [2.24, 2.45) is 0 Å². The summed E-state index contributed by atoms with van der Waals surface area (Å²) in [5, 5.41) is 5.74. The monoisotopic (exact) mass is 212 g/mol. The summed E-state index contributed by atoms with van der Waals surface area (Å²) in [6.45, 7) is 5.82. The third-order valence-electron chi connectivity index (χ3n) is 2.37. The van der Waals surface area contributed by atoms with Crippen molar-refractivity contribution in [3.8, 4) is 0 Å². The normalized spacial score (nSPS) is 18.7. The highest BCUT2D eigenvalue weighted by atomic mass is 16.2. The number of Topliss-reactive ketones (excluding diaryl/α,β-unsaturated/α-hetero) is 1. The maximum atomic E-state index is 11.5. The summed E-state index contributed by atoms with van der Waals surface area (Å²) in [5.74, 6) is 0.310. The number of nitrogens with one attached hydrogen (secondary N) is 2. The average molecular weight is 212 g/mol. The third-order valence-corrected chi connectivity index (χ3v) is 2.37. The van der Waals surface area contributed by atoms with E-state index in [0.29, 0.717) is 18.6 Å². The number of carbonyl (C=O) groups is 2. The Labute approximate surface area is 90.8 Å². The second-order valence-corrected chi connectivity index (χ2v) is 5.16. The van der Waals surface area contributed by atoms with Crippen LogP contribution in [0, 0.1) is 0 Å². The van der Waals surface area contributed by atoms with Crippen LogP contribution in [0.2, 0.25) is 0 Å². The summed E-state index contributed by atoms with van der Waals surface area (Å²) in [6.07, 6.45) is 2.74. The zero-order valence-corrected chi connectivity index (χ0v) is 9.72. The summed E-state index contributed by atoms with van der Waals surface area (Å²) >= 11 is 0. The first kappa shape index (κ1) is 12.0. The van der Waals surface area contributed by atoms with Gasteiger partial charge in [-0.25, -0.2) is 4.79 Å². The summed E-state index contributed by atoms with van der Waals surface area (Å²) in [7, 11) is 0. The molecule has 0 saturated heterocycles. The number of carbonyl (C=O) groups excluding carboxylic acids is 2. The molecule has 1 aliphatic carbocycles. The molecule has 1 aliphatic rings. The van der Waals surface area contributed by atoms with E-state index >= 15 is 0 Å². The largest absolute Gasteiger partial charge is 0.335 e. The Morgan fingerprint density at radius 2 is 1.80 bits per heavy atom. The fourth-order valence-corrected chi connectivity index (χ4v) is 1.65. The molecule has 15 heavy (non-hydrogen) atoms. The van der Waals surface area contributed by atoms with Crippen molar-refractivity contribution in [2.75, 3.05) is 0 Å². The van der Waals surface area contributed by atoms with Crippen molar-refractivity contribution < 1.29 is 9.59 Å². The molecule has 2 amide bonds. The summed E-state index contributed by atoms with van der Waals surface area (Å²) in [6, 6.07) is 0.0203. The molecule has 0 aromatic heterocycles. The van der Waals surface area contributed by atoms with Gasteiger partial charge in [0.1, 0.15) is 5.78 Å². The van der Waals surface area contributed by atoms with Crippen molar-refractivity contribution >= 4 is 11.8 Å². The minimum absolute atomic E-state index is 0.137. The van der Waals surface area contributed by atoms with Gasteiger partial charge in [-0.1, -0.05) is 0 Å². The lowest BCUT2D eigenvalue weighted by Crippen LogP contribution is -2.50. The van der Waals surface area contributed by atoms with Gasteiger partial charge in [0.25, 0.3) is 0 Å². The van der Waals surface area contributed by atoms with Crippen LogP contribution < -0.4 is 10.6 Å². The van der Waals surface area contributed by atoms with E-state index in [2.05, 4.69) is 10.6 Å². The molecule has 0 atom stereocenters. The Hall–Kier alpha value is -1.06. The number of amides is 2. The molecular weight excluding hydrogens is 192 g/mol. The smallest absolute Gasteiger partial charge is 0.315 e. The number of rotatable bonds is 1. The van der Waals surface area contributed by atoms with Gasteiger partial charge in [0.15, 0.2) is 0 Å². The minimum Gasteiger partial charge on any atom is -0.335 e. The lowest BCUT2D eigenvalue weighted by molar-refractivity contribution is -0.120. The molecule has 4 nitrogen and oxygen atoms in total. The molecule has 0 aliphatic heterocycles. The van der Waals surface area contributed by atoms with Gasteiger partial charge in [0, 0.05) is 24.4 Å². The van der Waals surface area contributed by atoms with E-state index in [1.54, 1.807) is 0 Å². The van der Waals surface area contributed by atoms with Crippen LogP contribution in [0.3, 0.4) is 0 Å². The van der Waals surface area contributed by atoms with Crippen LogP contribution in [0.5, 0.6) is 0 Å². The van der Waals surface area contributed by atoms with Crippen molar-refractivity contribution in [1.82, 2.24) is 10.6 Å². The molecule has 0 aromatic rings. The molecule has 1 rings (SSSR count). The van der Waals surface area contributed by atoms with Gasteiger partial charge in [0.05, 0.1) is 0 Å². The first-order valence-electron chi connectivity index (χ1n) is 5.47. The number of urea groups is 1. The maximum Gasteiger partial charge on any atom is 0.315 e. The van der Waals surface area contributed by atoms with Crippen molar-refractivity contribution in [1.29, 1.82) is 0 Å². The summed E-state index contributed by atoms with van der Waals surface area (Å²) in [5.41, 5.74) is -0.214. The highest BCUT2D eigenvalue weighted by Gasteiger charge is 2.21. The molecule has 2 N–H and O–H groups in total. The van der Waals surface area contributed by atoms with Crippen LogP contribution in [0.15, 0.2) is 0 Å². The molecule has 0 unspecified atom stereocenters. The molecule has 0 bridgehead atoms. The van der Waals surface area contributed by atoms with Gasteiger partial charge < -0.3 is 10.6 Å². The fraction of sp³-hybridized carbons (Fsp3) is 0.818. The molecule has 4 heteroatoms. The zero-order valence-electron chi connectivity index (χ0n) is 9.72. The highest BCUT2D eigenvalue weighted by molar-refractivity contribution is 5.80. The van der Waals surface area contributed by atoms with Gasteiger partial charge in [0.2, 0.25) is 0 Å². The quantitative estimate of drug-likeness (QED) is 0.693. The predicted octanol–water partition coefficient (Wildman–Crippen LogP) is 1.60. The van der Waals surface area contributed by atoms with E-state index in [9.17, 15) is 9.59 Å². The molecule has 1 saturated carbocycles. The predicted molar refractivity (Wildman–Crippen MR) is 58.7 cm³/mol. The Balaban J connectivity index is 2.29. The molecule has 0 heterocycles. The summed E-state index contributed by atoms with van der Waals surface area (Å²) < 4.78 is 0. The van der Waals surface area contributed by atoms with Gasteiger partial charge in [-0.3, -0.25) is 4.79 Å². The van der Waals surface area contributed by atoms with Crippen LogP contribution in [0.1, 0.15) is 46.5 Å². The van der Waals surface area contributed by atoms with E-state index in [-0.39, 0.29) is 17.6 Å². The van der Waals surface area contributed by atoms with Crippen LogP contribution >= 0.6 is 0 Å². The van der Waals surface area contributed by atoms with Gasteiger partial charge in [-0.2, -0.15) is 0 Å².